The van der Waals surface area contributed by atoms with Crippen LogP contribution in [-0.4, -0.2) is 38.9 Å². The number of fused-ring (bicyclic) bond motifs is 1. The number of carboxylic acid groups (broad SMARTS) is 1. The molecule has 9 heteroatoms. The van der Waals surface area contributed by atoms with Gasteiger partial charge in [-0.15, -0.1) is 0 Å². The number of methoxy groups -OCH3 is 1. The normalized spacial score (nSPS) is 13.7. The summed E-state index contributed by atoms with van der Waals surface area (Å²) in [5.74, 6) is -2.18. The van der Waals surface area contributed by atoms with E-state index in [-0.39, 0.29) is 12.2 Å². The summed E-state index contributed by atoms with van der Waals surface area (Å²) in [5, 5.41) is 16.2. The van der Waals surface area contributed by atoms with E-state index < -0.39 is 23.7 Å². The molecule has 0 radical (unpaired) electrons. The first-order valence-electron chi connectivity index (χ1n) is 11.8. The molecule has 184 valence electrons. The Kier molecular flexibility index (Phi) is 7.74. The van der Waals surface area contributed by atoms with Crippen molar-refractivity contribution in [2.24, 2.45) is 0 Å². The number of carbonyl (C=O) groups is 2. The lowest BCUT2D eigenvalue weighted by atomic mass is 9.95. The SMILES string of the molecule is COc1ccc([C@H](CC(=O)O)NC(=O)c2cnn(CCCc3ccc4c(n3)CCCC4)c2)cc1F. The molecule has 1 aliphatic rings. The number of hydrogen-bond donors (Lipinski definition) is 2. The minimum atomic E-state index is -1.11. The molecule has 1 aromatic carbocycles. The fourth-order valence-electron chi connectivity index (χ4n) is 4.36. The summed E-state index contributed by atoms with van der Waals surface area (Å²) in [4.78, 5) is 28.9. The number of amides is 1. The Labute approximate surface area is 203 Å². The first-order chi connectivity index (χ1) is 16.9. The van der Waals surface area contributed by atoms with Gasteiger partial charge in [0.1, 0.15) is 0 Å². The van der Waals surface area contributed by atoms with Gasteiger partial charge in [0, 0.05) is 24.1 Å². The second-order valence-corrected chi connectivity index (χ2v) is 8.73. The number of carboxylic acids is 1. The van der Waals surface area contributed by atoms with Crippen molar-refractivity contribution in [3.63, 3.8) is 0 Å². The highest BCUT2D eigenvalue weighted by atomic mass is 19.1. The molecule has 2 N–H and O–H groups in total. The number of benzene rings is 1. The summed E-state index contributed by atoms with van der Waals surface area (Å²) >= 11 is 0. The van der Waals surface area contributed by atoms with E-state index in [1.54, 1.807) is 10.9 Å². The summed E-state index contributed by atoms with van der Waals surface area (Å²) in [6, 6.07) is 7.49. The molecule has 0 spiro atoms. The fourth-order valence-corrected chi connectivity index (χ4v) is 4.36. The van der Waals surface area contributed by atoms with Crippen molar-refractivity contribution < 1.29 is 23.8 Å². The summed E-state index contributed by atoms with van der Waals surface area (Å²) in [6.07, 6.45) is 8.91. The number of ether oxygens (including phenoxy) is 1. The lowest BCUT2D eigenvalue weighted by Gasteiger charge is -2.17. The van der Waals surface area contributed by atoms with Gasteiger partial charge in [0.2, 0.25) is 0 Å². The van der Waals surface area contributed by atoms with Gasteiger partial charge in [0.05, 0.1) is 31.3 Å². The molecule has 35 heavy (non-hydrogen) atoms. The van der Waals surface area contributed by atoms with Gasteiger partial charge in [0.15, 0.2) is 11.6 Å². The van der Waals surface area contributed by atoms with Crippen molar-refractivity contribution in [1.82, 2.24) is 20.1 Å². The van der Waals surface area contributed by atoms with Crippen LogP contribution in [0.3, 0.4) is 0 Å². The Morgan fingerprint density at radius 1 is 1.23 bits per heavy atom. The second-order valence-electron chi connectivity index (χ2n) is 8.73. The molecule has 2 heterocycles. The van der Waals surface area contributed by atoms with Crippen molar-refractivity contribution in [2.45, 2.75) is 57.5 Å². The zero-order chi connectivity index (χ0) is 24.8. The van der Waals surface area contributed by atoms with Crippen LogP contribution in [0.4, 0.5) is 4.39 Å². The largest absolute Gasteiger partial charge is 0.494 e. The molecule has 0 fully saturated rings. The second kappa shape index (κ2) is 11.1. The number of rotatable bonds is 10. The van der Waals surface area contributed by atoms with Crippen LogP contribution >= 0.6 is 0 Å². The molecule has 0 saturated carbocycles. The Morgan fingerprint density at radius 2 is 2.06 bits per heavy atom. The Balaban J connectivity index is 1.35. The highest BCUT2D eigenvalue weighted by molar-refractivity contribution is 5.94. The van der Waals surface area contributed by atoms with Gasteiger partial charge >= 0.3 is 5.97 Å². The number of carbonyl (C=O) groups excluding carboxylic acids is 1. The average Bonchev–Trinajstić information content (AvgIpc) is 3.32. The molecule has 4 rings (SSSR count). The van der Waals surface area contributed by atoms with E-state index >= 15 is 0 Å². The van der Waals surface area contributed by atoms with Crippen LogP contribution in [0.1, 0.15) is 64.6 Å². The maximum absolute atomic E-state index is 14.1. The predicted molar refractivity (Wildman–Crippen MR) is 127 cm³/mol. The number of pyridine rings is 1. The molecule has 8 nitrogen and oxygen atoms in total. The summed E-state index contributed by atoms with van der Waals surface area (Å²) in [5.41, 5.74) is 4.30. The van der Waals surface area contributed by atoms with E-state index in [1.165, 1.54) is 55.6 Å². The Hall–Kier alpha value is -3.75. The number of halogens is 1. The number of aromatic nitrogens is 3. The van der Waals surface area contributed by atoms with Gasteiger partial charge < -0.3 is 15.2 Å². The highest BCUT2D eigenvalue weighted by Gasteiger charge is 2.21. The van der Waals surface area contributed by atoms with E-state index in [0.717, 1.165) is 31.4 Å². The topological polar surface area (TPSA) is 106 Å². The molecule has 0 aliphatic heterocycles. The number of hydrogen-bond acceptors (Lipinski definition) is 5. The van der Waals surface area contributed by atoms with Crippen LogP contribution in [0, 0.1) is 5.82 Å². The number of aliphatic carboxylic acids is 1. The van der Waals surface area contributed by atoms with Crippen LogP contribution in [0.25, 0.3) is 0 Å². The standard InChI is InChI=1S/C26H29FN4O4/c1-35-24-11-9-18(13-21(24)27)23(14-25(32)33)30-26(34)19-15-28-31(16-19)12-4-6-20-10-8-17-5-2-3-7-22(17)29-20/h8-11,13,15-16,23H,2-7,12,14H2,1H3,(H,30,34)(H,32,33)/t23-/m0/s1. The molecular weight excluding hydrogens is 451 g/mol. The van der Waals surface area contributed by atoms with Crippen molar-refractivity contribution in [1.29, 1.82) is 0 Å². The number of nitrogens with one attached hydrogen (secondary N) is 1. The predicted octanol–water partition coefficient (Wildman–Crippen LogP) is 3.88. The molecule has 1 atom stereocenters. The van der Waals surface area contributed by atoms with Crippen molar-refractivity contribution in [3.8, 4) is 5.75 Å². The molecule has 0 saturated heterocycles. The first kappa shape index (κ1) is 24.4. The lowest BCUT2D eigenvalue weighted by molar-refractivity contribution is -0.137. The Bertz CT molecular complexity index is 1210. The third kappa shape index (κ3) is 6.23. The minimum absolute atomic E-state index is 0.0426. The maximum Gasteiger partial charge on any atom is 0.305 e. The quantitative estimate of drug-likeness (QED) is 0.456. The molecule has 2 aromatic heterocycles. The molecule has 3 aromatic rings. The van der Waals surface area contributed by atoms with Gasteiger partial charge in [0.25, 0.3) is 5.91 Å². The monoisotopic (exact) mass is 480 g/mol. The van der Waals surface area contributed by atoms with Gasteiger partial charge in [-0.25, -0.2) is 4.39 Å². The molecule has 1 amide bonds. The third-order valence-corrected chi connectivity index (χ3v) is 6.21. The van der Waals surface area contributed by atoms with Crippen LogP contribution in [0.15, 0.2) is 42.7 Å². The lowest BCUT2D eigenvalue weighted by Crippen LogP contribution is -2.30. The van der Waals surface area contributed by atoms with Gasteiger partial charge in [-0.1, -0.05) is 12.1 Å². The summed E-state index contributed by atoms with van der Waals surface area (Å²) < 4.78 is 20.7. The smallest absolute Gasteiger partial charge is 0.305 e. The van der Waals surface area contributed by atoms with Crippen molar-refractivity contribution in [2.75, 3.05) is 7.11 Å². The van der Waals surface area contributed by atoms with E-state index in [1.807, 2.05) is 0 Å². The summed E-state index contributed by atoms with van der Waals surface area (Å²) in [7, 11) is 1.34. The van der Waals surface area contributed by atoms with E-state index in [4.69, 9.17) is 9.72 Å². The number of nitrogens with zero attached hydrogens (tertiary/aromatic N) is 3. The third-order valence-electron chi connectivity index (χ3n) is 6.21. The van der Waals surface area contributed by atoms with Gasteiger partial charge in [-0.2, -0.15) is 5.10 Å². The van der Waals surface area contributed by atoms with Crippen LogP contribution in [-0.2, 0) is 30.6 Å². The number of aryl methyl sites for hydroxylation is 4. The van der Waals surface area contributed by atoms with Gasteiger partial charge in [-0.3, -0.25) is 19.3 Å². The van der Waals surface area contributed by atoms with E-state index in [9.17, 15) is 19.1 Å². The molecule has 0 bridgehead atoms. The van der Waals surface area contributed by atoms with Gasteiger partial charge in [-0.05, 0) is 67.9 Å². The zero-order valence-corrected chi connectivity index (χ0v) is 19.7. The van der Waals surface area contributed by atoms with Crippen molar-refractivity contribution in [3.05, 3.63) is 76.6 Å². The average molecular weight is 481 g/mol. The Morgan fingerprint density at radius 3 is 2.83 bits per heavy atom. The van der Waals surface area contributed by atoms with Crippen LogP contribution in [0.5, 0.6) is 5.75 Å². The molecular formula is C26H29FN4O4. The van der Waals surface area contributed by atoms with E-state index in [0.29, 0.717) is 17.7 Å². The van der Waals surface area contributed by atoms with Crippen LogP contribution in [0.2, 0.25) is 0 Å². The molecule has 1 aliphatic carbocycles. The maximum atomic E-state index is 14.1. The molecule has 0 unspecified atom stereocenters. The highest BCUT2D eigenvalue weighted by Crippen LogP contribution is 2.24. The van der Waals surface area contributed by atoms with Crippen molar-refractivity contribution >= 4 is 11.9 Å². The first-order valence-corrected chi connectivity index (χ1v) is 11.8. The fraction of sp³-hybridized carbons (Fsp3) is 0.385. The summed E-state index contributed by atoms with van der Waals surface area (Å²) in [6.45, 7) is 0.619. The zero-order valence-electron chi connectivity index (χ0n) is 19.7. The minimum Gasteiger partial charge on any atom is -0.494 e. The van der Waals surface area contributed by atoms with E-state index in [2.05, 4.69) is 22.5 Å². The van der Waals surface area contributed by atoms with Crippen LogP contribution < -0.4 is 10.1 Å².